The summed E-state index contributed by atoms with van der Waals surface area (Å²) in [4.78, 5) is 38.0. The van der Waals surface area contributed by atoms with Gasteiger partial charge in [0.1, 0.15) is 12.2 Å². The Labute approximate surface area is 432 Å². The molecular weight excluding hydrogens is 971 g/mol. The van der Waals surface area contributed by atoms with E-state index in [9.17, 15) is 75.8 Å². The van der Waals surface area contributed by atoms with Crippen LogP contribution in [0.2, 0.25) is 0 Å². The summed E-state index contributed by atoms with van der Waals surface area (Å²) in [5.41, 5.74) is 4.73. The number of rotatable bonds is 6. The number of urea groups is 1. The van der Waals surface area contributed by atoms with Crippen molar-refractivity contribution in [1.29, 1.82) is 0 Å². The quantitative estimate of drug-likeness (QED) is 0.0986. The zero-order valence-electron chi connectivity index (χ0n) is 42.5. The number of cyclic esters (lactones) is 1. The van der Waals surface area contributed by atoms with Crippen LogP contribution in [0, 0.1) is 17.3 Å². The lowest BCUT2D eigenvalue weighted by Gasteiger charge is -2.46. The summed E-state index contributed by atoms with van der Waals surface area (Å²) in [5, 5.41) is 133. The lowest BCUT2D eigenvalue weighted by molar-refractivity contribution is -0.303. The van der Waals surface area contributed by atoms with E-state index in [2.05, 4.69) is 5.32 Å². The lowest BCUT2D eigenvalue weighted by atomic mass is 9.87. The third kappa shape index (κ3) is 19.4. The minimum absolute atomic E-state index is 0.136. The van der Waals surface area contributed by atoms with Crippen molar-refractivity contribution >= 4 is 18.0 Å². The first-order chi connectivity index (χ1) is 34.8. The number of aliphatic carboxylic acids is 1. The average molecular weight is 1050 g/mol. The molecule has 2 bridgehead atoms. The maximum atomic E-state index is 13.4. The van der Waals surface area contributed by atoms with Crippen LogP contribution in [0.3, 0.4) is 0 Å². The fourth-order valence-corrected chi connectivity index (χ4v) is 9.00. The first kappa shape index (κ1) is 62.3. The van der Waals surface area contributed by atoms with E-state index in [0.29, 0.717) is 0 Å². The van der Waals surface area contributed by atoms with Gasteiger partial charge in [0.25, 0.3) is 0 Å². The predicted molar refractivity (Wildman–Crippen MR) is 266 cm³/mol. The number of carboxylic acid groups (broad SMARTS) is 1. The van der Waals surface area contributed by atoms with Crippen molar-refractivity contribution in [3.63, 3.8) is 0 Å². The summed E-state index contributed by atoms with van der Waals surface area (Å²) in [5.74, 6) is -5.12. The van der Waals surface area contributed by atoms with Gasteiger partial charge in [0, 0.05) is 37.5 Å². The molecule has 0 radical (unpaired) electrons. The van der Waals surface area contributed by atoms with E-state index in [1.807, 2.05) is 13.0 Å². The van der Waals surface area contributed by atoms with Crippen molar-refractivity contribution in [2.45, 2.75) is 195 Å². The highest BCUT2D eigenvalue weighted by Gasteiger charge is 2.53. The van der Waals surface area contributed by atoms with Crippen molar-refractivity contribution < 1.29 is 94.7 Å². The summed E-state index contributed by atoms with van der Waals surface area (Å²) in [6, 6.07) is -3.84. The standard InChI is InChI=1S/C52H81N3O19/c1-30-17-15-13-11-9-7-5-6-8-10-12-14-16-18-37(73-48-47(65)43(53)46(64)33(4)72-48)26-41-44(54-50(68)55(70)29-51(21-22-51)49(66)67)40(61)28-52(69,74-41)27-36(58)24-39(60)38(59)20-19-34(56)23-35(57)25-42(62)71-32(3)31(2)45(30)63/h5-18,30-41,43-48,56-61,63-65,69-70H,19-29,53H2,1-4H3,(H,54,68)(H,66,67)/b6-5+,9-7+,10-8+,13-11+,14-12+,17-15+,18-16+/t30-,31-,32-,33+,34+,35+,36-,37-,38+,39+,40-,41-,43-,44+,45+,46+,47-,48-,52+/m0/s1. The normalized spacial score (nSPS) is 42.7. The molecule has 19 atom stereocenters. The molecule has 418 valence electrons. The van der Waals surface area contributed by atoms with Gasteiger partial charge >= 0.3 is 18.0 Å². The Kier molecular flexibility index (Phi) is 24.7. The van der Waals surface area contributed by atoms with Gasteiger partial charge in [-0.1, -0.05) is 98.9 Å². The highest BCUT2D eigenvalue weighted by atomic mass is 16.7. The summed E-state index contributed by atoms with van der Waals surface area (Å²) in [6.07, 6.45) is 3.07. The van der Waals surface area contributed by atoms with E-state index in [1.165, 1.54) is 13.0 Å². The van der Waals surface area contributed by atoms with Crippen molar-refractivity contribution in [3.8, 4) is 0 Å². The van der Waals surface area contributed by atoms with Crippen LogP contribution >= 0.6 is 0 Å². The Morgan fingerprint density at radius 1 is 0.716 bits per heavy atom. The highest BCUT2D eigenvalue weighted by Crippen LogP contribution is 2.46. The number of fused-ring (bicyclic) bond motifs is 2. The lowest BCUT2D eigenvalue weighted by Crippen LogP contribution is -2.64. The van der Waals surface area contributed by atoms with Crippen LogP contribution < -0.4 is 11.1 Å². The minimum Gasteiger partial charge on any atom is -0.481 e. The topological polar surface area (TPSA) is 372 Å². The predicted octanol–water partition coefficient (Wildman–Crippen LogP) is 0.645. The fraction of sp³-hybridized carbons (Fsp3) is 0.673. The van der Waals surface area contributed by atoms with Crippen LogP contribution in [-0.2, 0) is 28.5 Å². The second-order valence-electron chi connectivity index (χ2n) is 20.3. The number of ether oxygens (including phenoxy) is 4. The first-order valence-corrected chi connectivity index (χ1v) is 25.3. The molecule has 1 aliphatic carbocycles. The van der Waals surface area contributed by atoms with E-state index < -0.39 is 165 Å². The molecule has 3 heterocycles. The Morgan fingerprint density at radius 2 is 1.30 bits per heavy atom. The number of aliphatic hydroxyl groups is 10. The smallest absolute Gasteiger partial charge is 0.341 e. The summed E-state index contributed by atoms with van der Waals surface area (Å²) >= 11 is 0. The number of allylic oxidation sites excluding steroid dienone is 12. The number of hydrogen-bond donors (Lipinski definition) is 14. The van der Waals surface area contributed by atoms with Crippen LogP contribution in [0.5, 0.6) is 0 Å². The number of nitrogens with two attached hydrogens (primary N) is 1. The third-order valence-corrected chi connectivity index (χ3v) is 14.0. The Morgan fingerprint density at radius 3 is 1.88 bits per heavy atom. The van der Waals surface area contributed by atoms with E-state index in [-0.39, 0.29) is 49.5 Å². The number of aliphatic hydroxyl groups excluding tert-OH is 9. The van der Waals surface area contributed by atoms with Crippen LogP contribution in [0.25, 0.3) is 0 Å². The molecule has 0 aromatic carbocycles. The number of hydroxylamine groups is 2. The Bertz CT molecular complexity index is 1990. The molecule has 2 saturated heterocycles. The van der Waals surface area contributed by atoms with Gasteiger partial charge in [-0.2, -0.15) is 0 Å². The number of esters is 1. The summed E-state index contributed by atoms with van der Waals surface area (Å²) in [7, 11) is 0. The van der Waals surface area contributed by atoms with Crippen LogP contribution in [0.1, 0.15) is 91.9 Å². The van der Waals surface area contributed by atoms with Gasteiger partial charge in [-0.3, -0.25) is 14.8 Å². The van der Waals surface area contributed by atoms with Gasteiger partial charge in [0.2, 0.25) is 0 Å². The van der Waals surface area contributed by atoms with Crippen LogP contribution in [-0.4, -0.2) is 194 Å². The van der Waals surface area contributed by atoms with Gasteiger partial charge in [-0.15, -0.1) is 0 Å². The molecular formula is C52H81N3O19. The van der Waals surface area contributed by atoms with Crippen molar-refractivity contribution in [1.82, 2.24) is 10.4 Å². The molecule has 3 fully saturated rings. The van der Waals surface area contributed by atoms with Crippen molar-refractivity contribution in [2.75, 3.05) is 6.54 Å². The zero-order chi connectivity index (χ0) is 54.9. The Hall–Kier alpha value is -4.21. The SMILES string of the molecule is C[C@@H]1[C@H](O)[C@@H](C)/C=C/C=C/C=C/C=C/C=C/C=C/C=C/[C@H](O[C@@H]2O[C@H](C)[C@@H](O)[C@H](N)[C@@H]2O)C[C@@H]2O[C@](O)(C[C@@H](O)C[C@@H](O)[C@H](O)CC[C@@H](O)C[C@@H](O)CC(=O)O[C@H]1C)C[C@H](O)[C@H]2NC(=O)N(O)CC1(C(=O)O)CC1. The molecule has 0 unspecified atom stereocenters. The van der Waals surface area contributed by atoms with E-state index >= 15 is 0 Å². The number of carbonyl (C=O) groups is 3. The minimum atomic E-state index is -2.39. The molecule has 0 spiro atoms. The zero-order valence-corrected chi connectivity index (χ0v) is 42.5. The van der Waals surface area contributed by atoms with Gasteiger partial charge < -0.3 is 86.2 Å². The second kappa shape index (κ2) is 29.3. The van der Waals surface area contributed by atoms with Crippen LogP contribution in [0.15, 0.2) is 85.1 Å². The summed E-state index contributed by atoms with van der Waals surface area (Å²) in [6.45, 7) is 6.13. The fourth-order valence-electron chi connectivity index (χ4n) is 9.00. The monoisotopic (exact) mass is 1050 g/mol. The number of carbonyl (C=O) groups excluding carboxylic acids is 2. The number of amides is 2. The van der Waals surface area contributed by atoms with Crippen LogP contribution in [0.4, 0.5) is 4.79 Å². The van der Waals surface area contributed by atoms with Gasteiger partial charge in [-0.25, -0.2) is 9.86 Å². The number of hydrogen-bond acceptors (Lipinski definition) is 19. The third-order valence-electron chi connectivity index (χ3n) is 14.0. The number of nitrogens with zero attached hydrogens (tertiary/aromatic N) is 1. The molecule has 3 aliphatic heterocycles. The molecule has 22 heteroatoms. The first-order valence-electron chi connectivity index (χ1n) is 25.3. The molecule has 0 aromatic rings. The van der Waals surface area contributed by atoms with Gasteiger partial charge in [0.05, 0.1) is 97.6 Å². The maximum Gasteiger partial charge on any atom is 0.341 e. The molecule has 1 saturated carbocycles. The molecule has 4 rings (SSSR count). The largest absolute Gasteiger partial charge is 0.481 e. The average Bonchev–Trinajstić information content (AvgIpc) is 4.12. The molecule has 74 heavy (non-hydrogen) atoms. The molecule has 4 aliphatic rings. The van der Waals surface area contributed by atoms with Gasteiger partial charge in [0.15, 0.2) is 12.1 Å². The maximum absolute atomic E-state index is 13.4. The van der Waals surface area contributed by atoms with E-state index in [0.717, 1.165) is 0 Å². The molecule has 15 N–H and O–H groups in total. The molecule has 22 nitrogen and oxygen atoms in total. The second-order valence-corrected chi connectivity index (χ2v) is 20.3. The Balaban J connectivity index is 1.62. The number of nitrogens with one attached hydrogen (secondary N) is 1. The van der Waals surface area contributed by atoms with Gasteiger partial charge in [-0.05, 0) is 46.0 Å². The highest BCUT2D eigenvalue weighted by molar-refractivity contribution is 5.80. The summed E-state index contributed by atoms with van der Waals surface area (Å²) < 4.78 is 23.6. The van der Waals surface area contributed by atoms with E-state index in [4.69, 9.17) is 24.7 Å². The molecule has 2 amide bonds. The number of carboxylic acids is 1. The van der Waals surface area contributed by atoms with E-state index in [1.54, 1.807) is 86.8 Å². The van der Waals surface area contributed by atoms with Crippen molar-refractivity contribution in [2.24, 2.45) is 23.0 Å². The van der Waals surface area contributed by atoms with Crippen molar-refractivity contribution in [3.05, 3.63) is 85.1 Å². The molecule has 0 aromatic heterocycles.